The number of rotatable bonds is 6. The first kappa shape index (κ1) is 20.4. The molecular formula is C21H25NO5S. The molecule has 0 saturated heterocycles. The van der Waals surface area contributed by atoms with E-state index in [1.165, 1.54) is 0 Å². The molecule has 0 aromatic heterocycles. The third kappa shape index (κ3) is 4.54. The van der Waals surface area contributed by atoms with Gasteiger partial charge in [-0.25, -0.2) is 13.1 Å². The van der Waals surface area contributed by atoms with Crippen molar-refractivity contribution >= 4 is 16.0 Å². The highest BCUT2D eigenvalue weighted by atomic mass is 32.2. The summed E-state index contributed by atoms with van der Waals surface area (Å²) in [6.45, 7) is 5.97. The Kier molecular flexibility index (Phi) is 5.50. The first-order valence-corrected chi connectivity index (χ1v) is 10.6. The number of hydrogen-bond donors (Lipinski definition) is 2. The molecule has 1 atom stereocenters. The molecule has 1 aliphatic heterocycles. The number of sulfonamides is 1. The summed E-state index contributed by atoms with van der Waals surface area (Å²) in [4.78, 5) is 11.4. The normalized spacial score (nSPS) is 18.2. The molecule has 1 heterocycles. The van der Waals surface area contributed by atoms with Crippen molar-refractivity contribution in [3.05, 3.63) is 59.2 Å². The van der Waals surface area contributed by atoms with Crippen molar-refractivity contribution in [3.8, 4) is 5.75 Å². The van der Waals surface area contributed by atoms with Crippen molar-refractivity contribution < 1.29 is 23.1 Å². The maximum Gasteiger partial charge on any atom is 0.307 e. The average Bonchev–Trinajstić information content (AvgIpc) is 2.60. The molecule has 7 heteroatoms. The number of carboxylic acid groups (broad SMARTS) is 1. The summed E-state index contributed by atoms with van der Waals surface area (Å²) in [7, 11) is -3.63. The Labute approximate surface area is 165 Å². The van der Waals surface area contributed by atoms with E-state index < -0.39 is 21.6 Å². The molecular weight excluding hydrogens is 378 g/mol. The van der Waals surface area contributed by atoms with E-state index in [4.69, 9.17) is 4.74 Å². The Hall–Kier alpha value is -2.38. The highest BCUT2D eigenvalue weighted by Gasteiger charge is 2.35. The molecule has 0 saturated carbocycles. The first-order chi connectivity index (χ1) is 13.1. The standard InChI is InChI=1S/C21H25NO5S/c1-14-7-9-17(10-8-14)28(25,26)22-13-16-12-21(2,3)27-20-15(11-19(23)24)5-4-6-18(16)20/h4-10,16,22H,11-13H2,1-3H3,(H,23,24). The number of aryl methyl sites for hydroxylation is 1. The number of fused-ring (bicyclic) bond motifs is 1. The van der Waals surface area contributed by atoms with Gasteiger partial charge in [-0.3, -0.25) is 4.79 Å². The van der Waals surface area contributed by atoms with E-state index in [2.05, 4.69) is 4.72 Å². The monoisotopic (exact) mass is 403 g/mol. The summed E-state index contributed by atoms with van der Waals surface area (Å²) in [6, 6.07) is 12.1. The Morgan fingerprint density at radius 2 is 1.89 bits per heavy atom. The summed E-state index contributed by atoms with van der Waals surface area (Å²) < 4.78 is 34.1. The Balaban J connectivity index is 1.87. The molecule has 2 aromatic rings. The van der Waals surface area contributed by atoms with Crippen LogP contribution in [0.2, 0.25) is 0 Å². The molecule has 6 nitrogen and oxygen atoms in total. The van der Waals surface area contributed by atoms with Crippen LogP contribution in [0.4, 0.5) is 0 Å². The van der Waals surface area contributed by atoms with E-state index in [0.717, 1.165) is 11.1 Å². The van der Waals surface area contributed by atoms with E-state index >= 15 is 0 Å². The molecule has 0 spiro atoms. The van der Waals surface area contributed by atoms with Crippen LogP contribution in [0.5, 0.6) is 5.75 Å². The third-order valence-corrected chi connectivity index (χ3v) is 6.32. The van der Waals surface area contributed by atoms with Crippen LogP contribution in [-0.2, 0) is 21.2 Å². The zero-order valence-electron chi connectivity index (χ0n) is 16.2. The maximum atomic E-state index is 12.7. The topological polar surface area (TPSA) is 92.7 Å². The SMILES string of the molecule is Cc1ccc(S(=O)(=O)NCC2CC(C)(C)Oc3c(CC(=O)O)cccc32)cc1. The fourth-order valence-corrected chi connectivity index (χ4v) is 4.65. The molecule has 0 bridgehead atoms. The molecule has 0 aliphatic carbocycles. The molecule has 0 amide bonds. The second kappa shape index (κ2) is 7.56. The largest absolute Gasteiger partial charge is 0.487 e. The summed E-state index contributed by atoms with van der Waals surface area (Å²) in [5, 5.41) is 9.17. The third-order valence-electron chi connectivity index (χ3n) is 4.88. The van der Waals surface area contributed by atoms with Crippen LogP contribution in [0.1, 0.15) is 42.9 Å². The van der Waals surface area contributed by atoms with Gasteiger partial charge in [0.05, 0.1) is 11.3 Å². The molecule has 1 unspecified atom stereocenters. The molecule has 0 fully saturated rings. The van der Waals surface area contributed by atoms with Crippen molar-refractivity contribution in [3.63, 3.8) is 0 Å². The fraction of sp³-hybridized carbons (Fsp3) is 0.381. The molecule has 3 rings (SSSR count). The van der Waals surface area contributed by atoms with E-state index in [1.54, 1.807) is 36.4 Å². The smallest absolute Gasteiger partial charge is 0.307 e. The quantitative estimate of drug-likeness (QED) is 0.772. The van der Waals surface area contributed by atoms with Gasteiger partial charge < -0.3 is 9.84 Å². The Bertz CT molecular complexity index is 980. The van der Waals surface area contributed by atoms with Crippen LogP contribution in [0.25, 0.3) is 0 Å². The van der Waals surface area contributed by atoms with Gasteiger partial charge in [0.15, 0.2) is 0 Å². The van der Waals surface area contributed by atoms with Crippen LogP contribution >= 0.6 is 0 Å². The van der Waals surface area contributed by atoms with Gasteiger partial charge in [-0.15, -0.1) is 0 Å². The lowest BCUT2D eigenvalue weighted by molar-refractivity contribution is -0.136. The molecule has 150 valence electrons. The van der Waals surface area contributed by atoms with Gasteiger partial charge in [0.1, 0.15) is 11.4 Å². The lowest BCUT2D eigenvalue weighted by Gasteiger charge is -2.38. The molecule has 1 aliphatic rings. The minimum Gasteiger partial charge on any atom is -0.487 e. The summed E-state index contributed by atoms with van der Waals surface area (Å²) in [5.74, 6) is -0.495. The zero-order valence-corrected chi connectivity index (χ0v) is 17.0. The Morgan fingerprint density at radius 1 is 1.21 bits per heavy atom. The highest BCUT2D eigenvalue weighted by molar-refractivity contribution is 7.89. The maximum absolute atomic E-state index is 12.7. The Morgan fingerprint density at radius 3 is 2.54 bits per heavy atom. The molecule has 2 aromatic carbocycles. The number of carbonyl (C=O) groups is 1. The number of nitrogens with one attached hydrogen (secondary N) is 1. The summed E-state index contributed by atoms with van der Waals surface area (Å²) in [5.41, 5.74) is 1.90. The van der Waals surface area contributed by atoms with Crippen LogP contribution in [-0.4, -0.2) is 31.6 Å². The van der Waals surface area contributed by atoms with Crippen LogP contribution < -0.4 is 9.46 Å². The van der Waals surface area contributed by atoms with Crippen LogP contribution in [0.3, 0.4) is 0 Å². The lowest BCUT2D eigenvalue weighted by atomic mass is 9.83. The second-order valence-corrected chi connectivity index (χ2v) is 9.60. The van der Waals surface area contributed by atoms with Gasteiger partial charge in [-0.05, 0) is 44.9 Å². The molecule has 0 radical (unpaired) electrons. The predicted octanol–water partition coefficient (Wildman–Crippen LogP) is 3.25. The van der Waals surface area contributed by atoms with Crippen LogP contribution in [0, 0.1) is 6.92 Å². The van der Waals surface area contributed by atoms with Gasteiger partial charge in [0.25, 0.3) is 0 Å². The summed E-state index contributed by atoms with van der Waals surface area (Å²) in [6.07, 6.45) is 0.480. The van der Waals surface area contributed by atoms with E-state index in [9.17, 15) is 18.3 Å². The minimum absolute atomic E-state index is 0.118. The van der Waals surface area contributed by atoms with E-state index in [-0.39, 0.29) is 23.8 Å². The zero-order chi connectivity index (χ0) is 20.5. The van der Waals surface area contributed by atoms with E-state index in [1.807, 2.05) is 26.8 Å². The van der Waals surface area contributed by atoms with E-state index in [0.29, 0.717) is 17.7 Å². The van der Waals surface area contributed by atoms with Crippen molar-refractivity contribution in [2.75, 3.05) is 6.54 Å². The number of hydrogen-bond acceptors (Lipinski definition) is 4. The molecule has 2 N–H and O–H groups in total. The van der Waals surface area contributed by atoms with Gasteiger partial charge in [-0.1, -0.05) is 35.9 Å². The number of benzene rings is 2. The fourth-order valence-electron chi connectivity index (χ4n) is 3.57. The van der Waals surface area contributed by atoms with Crippen molar-refractivity contribution in [2.24, 2.45) is 0 Å². The van der Waals surface area contributed by atoms with Gasteiger partial charge >= 0.3 is 5.97 Å². The van der Waals surface area contributed by atoms with Crippen molar-refractivity contribution in [1.82, 2.24) is 4.72 Å². The number of carboxylic acids is 1. The van der Waals surface area contributed by atoms with Crippen LogP contribution in [0.15, 0.2) is 47.4 Å². The number of aliphatic carboxylic acids is 1. The highest BCUT2D eigenvalue weighted by Crippen LogP contribution is 2.42. The summed E-state index contributed by atoms with van der Waals surface area (Å²) >= 11 is 0. The number of ether oxygens (including phenoxy) is 1. The lowest BCUT2D eigenvalue weighted by Crippen LogP contribution is -2.39. The van der Waals surface area contributed by atoms with Gasteiger partial charge in [-0.2, -0.15) is 0 Å². The predicted molar refractivity (Wildman–Crippen MR) is 106 cm³/mol. The van der Waals surface area contributed by atoms with Gasteiger partial charge in [0.2, 0.25) is 10.0 Å². The minimum atomic E-state index is -3.63. The second-order valence-electron chi connectivity index (χ2n) is 7.83. The van der Waals surface area contributed by atoms with Crippen molar-refractivity contribution in [2.45, 2.75) is 50.0 Å². The number of para-hydroxylation sites is 1. The molecule has 28 heavy (non-hydrogen) atoms. The average molecular weight is 404 g/mol. The first-order valence-electron chi connectivity index (χ1n) is 9.16. The van der Waals surface area contributed by atoms with Gasteiger partial charge in [0, 0.05) is 18.0 Å². The van der Waals surface area contributed by atoms with Crippen molar-refractivity contribution in [1.29, 1.82) is 0 Å².